The number of benzene rings is 2. The van der Waals surface area contributed by atoms with Crippen LogP contribution in [0, 0.1) is 0 Å². The van der Waals surface area contributed by atoms with Crippen LogP contribution < -0.4 is 5.32 Å². The molecule has 0 aliphatic heterocycles. The van der Waals surface area contributed by atoms with Crippen molar-refractivity contribution in [2.45, 2.75) is 6.18 Å². The molecule has 4 aromatic rings. The van der Waals surface area contributed by atoms with Gasteiger partial charge in [-0.3, -0.25) is 9.89 Å². The predicted octanol–water partition coefficient (Wildman–Crippen LogP) is 4.88. The highest BCUT2D eigenvalue weighted by Gasteiger charge is 2.33. The molecule has 6 nitrogen and oxygen atoms in total. The van der Waals surface area contributed by atoms with Gasteiger partial charge in [0.2, 0.25) is 0 Å². The molecule has 2 aromatic heterocycles. The monoisotopic (exact) mass is 405 g/mol. The zero-order valence-corrected chi connectivity index (χ0v) is 14.7. The Hall–Kier alpha value is -3.33. The lowest BCUT2D eigenvalue weighted by Gasteiger charge is -2.10. The van der Waals surface area contributed by atoms with E-state index in [0.717, 1.165) is 29.2 Å². The fourth-order valence-electron chi connectivity index (χ4n) is 2.66. The van der Waals surface area contributed by atoms with Crippen LogP contribution in [0.25, 0.3) is 22.6 Å². The summed E-state index contributed by atoms with van der Waals surface area (Å²) in [4.78, 5) is 19.8. The summed E-state index contributed by atoms with van der Waals surface area (Å²) in [5.74, 6) is 0.0848. The maximum atomic E-state index is 12.8. The van der Waals surface area contributed by atoms with Crippen molar-refractivity contribution in [3.63, 3.8) is 0 Å². The van der Waals surface area contributed by atoms with Gasteiger partial charge in [0.05, 0.1) is 21.6 Å². The van der Waals surface area contributed by atoms with E-state index in [4.69, 9.17) is 11.6 Å². The van der Waals surface area contributed by atoms with Gasteiger partial charge in [0.25, 0.3) is 5.91 Å². The van der Waals surface area contributed by atoms with Gasteiger partial charge in [0.15, 0.2) is 11.6 Å². The number of aromatic nitrogens is 4. The van der Waals surface area contributed by atoms with Crippen molar-refractivity contribution in [1.29, 1.82) is 0 Å². The minimum Gasteiger partial charge on any atom is -0.337 e. The molecule has 0 saturated carbocycles. The molecule has 0 radical (unpaired) electrons. The summed E-state index contributed by atoms with van der Waals surface area (Å²) >= 11 is 5.65. The van der Waals surface area contributed by atoms with Crippen LogP contribution in [-0.4, -0.2) is 26.1 Å². The molecule has 0 unspecified atom stereocenters. The van der Waals surface area contributed by atoms with Crippen LogP contribution in [0.2, 0.25) is 5.02 Å². The van der Waals surface area contributed by atoms with Crippen LogP contribution in [0.1, 0.15) is 15.9 Å². The number of anilines is 1. The van der Waals surface area contributed by atoms with Crippen molar-refractivity contribution < 1.29 is 18.0 Å². The number of halogens is 4. The summed E-state index contributed by atoms with van der Waals surface area (Å²) in [6, 6.07) is 11.8. The first-order valence-electron chi connectivity index (χ1n) is 8.00. The second-order valence-corrected chi connectivity index (χ2v) is 6.32. The van der Waals surface area contributed by atoms with Gasteiger partial charge in [-0.15, -0.1) is 0 Å². The summed E-state index contributed by atoms with van der Waals surface area (Å²) in [5, 5.41) is 8.68. The summed E-state index contributed by atoms with van der Waals surface area (Å²) in [6.45, 7) is 0. The Kier molecular flexibility index (Phi) is 4.31. The van der Waals surface area contributed by atoms with E-state index >= 15 is 0 Å². The van der Waals surface area contributed by atoms with Crippen LogP contribution in [0.4, 0.5) is 19.0 Å². The topological polar surface area (TPSA) is 86.5 Å². The van der Waals surface area contributed by atoms with Crippen LogP contribution in [-0.2, 0) is 6.18 Å². The van der Waals surface area contributed by atoms with E-state index in [1.807, 2.05) is 24.3 Å². The molecule has 4 rings (SSSR count). The van der Waals surface area contributed by atoms with Crippen molar-refractivity contribution >= 4 is 34.4 Å². The van der Waals surface area contributed by atoms with E-state index in [1.165, 1.54) is 0 Å². The SMILES string of the molecule is O=C(Nc1cc(-c2nc3ccccc3[nH]2)[nH]n1)c1ccc(C(F)(F)F)c(Cl)c1. The van der Waals surface area contributed by atoms with Crippen molar-refractivity contribution in [2.75, 3.05) is 5.32 Å². The van der Waals surface area contributed by atoms with Crippen LogP contribution in [0.3, 0.4) is 0 Å². The second kappa shape index (κ2) is 6.68. The minimum atomic E-state index is -4.59. The van der Waals surface area contributed by atoms with Gasteiger partial charge < -0.3 is 10.3 Å². The number of hydrogen-bond donors (Lipinski definition) is 3. The lowest BCUT2D eigenvalue weighted by Crippen LogP contribution is -2.13. The Balaban J connectivity index is 1.54. The maximum Gasteiger partial charge on any atom is 0.417 e. The van der Waals surface area contributed by atoms with E-state index in [9.17, 15) is 18.0 Å². The Morgan fingerprint density at radius 1 is 1.11 bits per heavy atom. The second-order valence-electron chi connectivity index (χ2n) is 5.92. The smallest absolute Gasteiger partial charge is 0.337 e. The van der Waals surface area contributed by atoms with Crippen molar-refractivity contribution in [2.24, 2.45) is 0 Å². The Labute approximate surface area is 160 Å². The number of amides is 1. The number of alkyl halides is 3. The third-order valence-corrected chi connectivity index (χ3v) is 4.31. The number of rotatable bonds is 3. The number of H-pyrrole nitrogens is 2. The first-order chi connectivity index (χ1) is 13.3. The molecule has 0 spiro atoms. The normalized spacial score (nSPS) is 11.7. The van der Waals surface area contributed by atoms with Gasteiger partial charge in [-0.05, 0) is 30.3 Å². The molecule has 142 valence electrons. The van der Waals surface area contributed by atoms with E-state index in [1.54, 1.807) is 6.07 Å². The lowest BCUT2D eigenvalue weighted by atomic mass is 10.1. The number of carbonyl (C=O) groups is 1. The number of para-hydroxylation sites is 2. The van der Waals surface area contributed by atoms with E-state index in [0.29, 0.717) is 11.5 Å². The molecular formula is C18H11ClF3N5O. The summed E-state index contributed by atoms with van der Waals surface area (Å²) < 4.78 is 38.3. The summed E-state index contributed by atoms with van der Waals surface area (Å²) in [7, 11) is 0. The number of imidazole rings is 1. The summed E-state index contributed by atoms with van der Waals surface area (Å²) in [6.07, 6.45) is -4.59. The lowest BCUT2D eigenvalue weighted by molar-refractivity contribution is -0.137. The van der Waals surface area contributed by atoms with E-state index < -0.39 is 22.7 Å². The zero-order valence-electron chi connectivity index (χ0n) is 13.9. The highest BCUT2D eigenvalue weighted by atomic mass is 35.5. The average Bonchev–Trinajstić information content (AvgIpc) is 3.26. The maximum absolute atomic E-state index is 12.8. The first kappa shape index (κ1) is 18.1. The number of hydrogen-bond acceptors (Lipinski definition) is 3. The first-order valence-corrected chi connectivity index (χ1v) is 8.38. The Morgan fingerprint density at radius 3 is 2.61 bits per heavy atom. The van der Waals surface area contributed by atoms with Crippen molar-refractivity contribution in [3.05, 3.63) is 64.7 Å². The number of nitrogens with zero attached hydrogens (tertiary/aromatic N) is 2. The number of fused-ring (bicyclic) bond motifs is 1. The zero-order chi connectivity index (χ0) is 19.9. The van der Waals surface area contributed by atoms with Gasteiger partial charge in [0.1, 0.15) is 5.69 Å². The molecule has 10 heteroatoms. The molecule has 0 bridgehead atoms. The van der Waals surface area contributed by atoms with Gasteiger partial charge in [-0.2, -0.15) is 18.3 Å². The standard InChI is InChI=1S/C18H11ClF3N5O/c19-11-7-9(5-6-10(11)18(20,21)22)17(28)25-15-8-14(26-27-15)16-23-12-3-1-2-4-13(12)24-16/h1-8H,(H,23,24)(H2,25,26,27,28). The van der Waals surface area contributed by atoms with Crippen LogP contribution in [0.15, 0.2) is 48.5 Å². The average molecular weight is 406 g/mol. The van der Waals surface area contributed by atoms with E-state index in [2.05, 4.69) is 25.5 Å². The molecule has 0 fully saturated rings. The summed E-state index contributed by atoms with van der Waals surface area (Å²) in [5.41, 5.74) is 1.13. The number of aromatic amines is 2. The quantitative estimate of drug-likeness (QED) is 0.454. The molecule has 0 aliphatic carbocycles. The fourth-order valence-corrected chi connectivity index (χ4v) is 2.95. The molecule has 0 atom stereocenters. The predicted molar refractivity (Wildman–Crippen MR) is 98.1 cm³/mol. The molecule has 28 heavy (non-hydrogen) atoms. The van der Waals surface area contributed by atoms with Gasteiger partial charge in [-0.25, -0.2) is 4.98 Å². The fraction of sp³-hybridized carbons (Fsp3) is 0.0556. The van der Waals surface area contributed by atoms with Gasteiger partial charge in [-0.1, -0.05) is 23.7 Å². The molecule has 3 N–H and O–H groups in total. The van der Waals surface area contributed by atoms with Crippen molar-refractivity contribution in [3.8, 4) is 11.5 Å². The Bertz CT molecular complexity index is 1150. The van der Waals surface area contributed by atoms with Crippen molar-refractivity contribution in [1.82, 2.24) is 20.2 Å². The highest BCUT2D eigenvalue weighted by Crippen LogP contribution is 2.35. The minimum absolute atomic E-state index is 0.0220. The Morgan fingerprint density at radius 2 is 1.89 bits per heavy atom. The molecule has 0 saturated heterocycles. The molecule has 2 heterocycles. The molecular weight excluding hydrogens is 395 g/mol. The largest absolute Gasteiger partial charge is 0.417 e. The van der Waals surface area contributed by atoms with Crippen LogP contribution in [0.5, 0.6) is 0 Å². The number of nitrogens with one attached hydrogen (secondary N) is 3. The molecule has 1 amide bonds. The highest BCUT2D eigenvalue weighted by molar-refractivity contribution is 6.32. The number of carbonyl (C=O) groups excluding carboxylic acids is 1. The van der Waals surface area contributed by atoms with Gasteiger partial charge >= 0.3 is 6.18 Å². The van der Waals surface area contributed by atoms with Gasteiger partial charge in [0, 0.05) is 11.6 Å². The molecule has 2 aromatic carbocycles. The third kappa shape index (κ3) is 3.44. The van der Waals surface area contributed by atoms with Crippen LogP contribution >= 0.6 is 11.6 Å². The third-order valence-electron chi connectivity index (χ3n) is 4.00. The molecule has 0 aliphatic rings. The van der Waals surface area contributed by atoms with E-state index in [-0.39, 0.29) is 11.4 Å².